The molecule has 1 aliphatic heterocycles. The zero-order valence-corrected chi connectivity index (χ0v) is 10.0. The maximum Gasteiger partial charge on any atom is 0.265 e. The highest BCUT2D eigenvalue weighted by Gasteiger charge is 2.23. The average Bonchev–Trinajstić information content (AvgIpc) is 2.19. The Labute approximate surface area is 99.7 Å². The number of hydrogen-bond donors (Lipinski definition) is 1. The van der Waals surface area contributed by atoms with Gasteiger partial charge in [0.25, 0.3) is 5.91 Å². The van der Waals surface area contributed by atoms with Crippen LogP contribution in [0, 0.1) is 0 Å². The Morgan fingerprint density at radius 2 is 2.31 bits per heavy atom. The summed E-state index contributed by atoms with van der Waals surface area (Å²) in [5.41, 5.74) is 1.83. The van der Waals surface area contributed by atoms with E-state index < -0.39 is 6.10 Å². The summed E-state index contributed by atoms with van der Waals surface area (Å²) >= 11 is 5.93. The van der Waals surface area contributed by atoms with Gasteiger partial charge in [-0.1, -0.05) is 6.07 Å². The molecule has 0 aromatic heterocycles. The first kappa shape index (κ1) is 11.3. The van der Waals surface area contributed by atoms with Crippen molar-refractivity contribution >= 4 is 23.2 Å². The molecule has 0 aliphatic carbocycles. The highest BCUT2D eigenvalue weighted by atomic mass is 35.5. The van der Waals surface area contributed by atoms with E-state index in [0.29, 0.717) is 0 Å². The molecule has 86 valence electrons. The van der Waals surface area contributed by atoms with Gasteiger partial charge in [-0.05, 0) is 38.0 Å². The lowest BCUT2D eigenvalue weighted by Crippen LogP contribution is -2.34. The van der Waals surface area contributed by atoms with E-state index in [9.17, 15) is 4.79 Å². The van der Waals surface area contributed by atoms with Crippen molar-refractivity contribution in [3.05, 3.63) is 23.8 Å². The van der Waals surface area contributed by atoms with Crippen molar-refractivity contribution in [2.75, 3.05) is 5.32 Å². The van der Waals surface area contributed by atoms with E-state index in [1.807, 2.05) is 25.1 Å². The molecule has 0 spiro atoms. The topological polar surface area (TPSA) is 38.3 Å². The fraction of sp³-hybridized carbons (Fsp3) is 0.417. The predicted octanol–water partition coefficient (Wildman–Crippen LogP) is 2.58. The fourth-order valence-corrected chi connectivity index (χ4v) is 1.89. The predicted molar refractivity (Wildman–Crippen MR) is 64.2 cm³/mol. The lowest BCUT2D eigenvalue weighted by atomic mass is 10.1. The van der Waals surface area contributed by atoms with Gasteiger partial charge in [-0.2, -0.15) is 0 Å². The van der Waals surface area contributed by atoms with Crippen LogP contribution in [-0.4, -0.2) is 17.4 Å². The molecular weight excluding hydrogens is 226 g/mol. The maximum atomic E-state index is 11.4. The van der Waals surface area contributed by atoms with Crippen molar-refractivity contribution in [2.45, 2.75) is 31.7 Å². The number of alkyl halides is 1. The van der Waals surface area contributed by atoms with Gasteiger partial charge in [-0.15, -0.1) is 11.6 Å². The van der Waals surface area contributed by atoms with Gasteiger partial charge < -0.3 is 10.1 Å². The molecule has 0 fully saturated rings. The minimum Gasteiger partial charge on any atom is -0.479 e. The molecule has 2 unspecified atom stereocenters. The molecule has 2 rings (SSSR count). The number of nitrogens with one attached hydrogen (secondary N) is 1. The van der Waals surface area contributed by atoms with Gasteiger partial charge in [0.2, 0.25) is 0 Å². The van der Waals surface area contributed by atoms with E-state index in [2.05, 4.69) is 5.32 Å². The van der Waals surface area contributed by atoms with Crippen LogP contribution in [0.25, 0.3) is 0 Å². The van der Waals surface area contributed by atoms with Gasteiger partial charge in [0, 0.05) is 5.38 Å². The molecule has 1 N–H and O–H groups in total. The van der Waals surface area contributed by atoms with Gasteiger partial charge >= 0.3 is 0 Å². The SMILES string of the molecule is CC(Cl)Cc1ccc2c(c1)NC(=O)C(C)O2. The molecule has 1 aliphatic rings. The summed E-state index contributed by atoms with van der Waals surface area (Å²) in [5.74, 6) is 0.613. The molecule has 4 heteroatoms. The summed E-state index contributed by atoms with van der Waals surface area (Å²) in [7, 11) is 0. The minimum atomic E-state index is -0.426. The summed E-state index contributed by atoms with van der Waals surface area (Å²) in [4.78, 5) is 11.4. The van der Waals surface area contributed by atoms with E-state index in [4.69, 9.17) is 16.3 Å². The first-order valence-electron chi connectivity index (χ1n) is 5.31. The fourth-order valence-electron chi connectivity index (χ4n) is 1.71. The van der Waals surface area contributed by atoms with Crippen molar-refractivity contribution in [1.82, 2.24) is 0 Å². The molecule has 1 heterocycles. The monoisotopic (exact) mass is 239 g/mol. The van der Waals surface area contributed by atoms with Crippen molar-refractivity contribution in [1.29, 1.82) is 0 Å². The lowest BCUT2D eigenvalue weighted by Gasteiger charge is -2.23. The van der Waals surface area contributed by atoms with E-state index >= 15 is 0 Å². The number of hydrogen-bond acceptors (Lipinski definition) is 2. The molecule has 1 aromatic rings. The van der Waals surface area contributed by atoms with Gasteiger partial charge in [-0.3, -0.25) is 4.79 Å². The molecule has 3 nitrogen and oxygen atoms in total. The molecule has 0 bridgehead atoms. The van der Waals surface area contributed by atoms with Crippen LogP contribution in [0.4, 0.5) is 5.69 Å². The first-order valence-corrected chi connectivity index (χ1v) is 5.74. The van der Waals surface area contributed by atoms with Crippen LogP contribution in [0.5, 0.6) is 5.75 Å². The summed E-state index contributed by atoms with van der Waals surface area (Å²) in [6.07, 6.45) is 0.352. The molecule has 1 aromatic carbocycles. The van der Waals surface area contributed by atoms with Gasteiger partial charge in [0.05, 0.1) is 5.69 Å². The van der Waals surface area contributed by atoms with Crippen molar-refractivity contribution in [3.63, 3.8) is 0 Å². The summed E-state index contributed by atoms with van der Waals surface area (Å²) < 4.78 is 5.46. The summed E-state index contributed by atoms with van der Waals surface area (Å²) in [5, 5.41) is 2.90. The van der Waals surface area contributed by atoms with E-state index in [1.165, 1.54) is 0 Å². The van der Waals surface area contributed by atoms with Crippen LogP contribution in [0.15, 0.2) is 18.2 Å². The van der Waals surface area contributed by atoms with Crippen LogP contribution in [0.3, 0.4) is 0 Å². The Hall–Kier alpha value is -1.22. The second-order valence-electron chi connectivity index (χ2n) is 4.06. The number of anilines is 1. The highest BCUT2D eigenvalue weighted by molar-refractivity contribution is 6.20. The number of fused-ring (bicyclic) bond motifs is 1. The molecule has 1 amide bonds. The largest absolute Gasteiger partial charge is 0.479 e. The van der Waals surface area contributed by atoms with Crippen LogP contribution < -0.4 is 10.1 Å². The highest BCUT2D eigenvalue weighted by Crippen LogP contribution is 2.30. The van der Waals surface area contributed by atoms with Crippen molar-refractivity contribution in [3.8, 4) is 5.75 Å². The number of ether oxygens (including phenoxy) is 1. The molecule has 2 atom stereocenters. The first-order chi connectivity index (χ1) is 7.56. The molecule has 0 saturated heterocycles. The van der Waals surface area contributed by atoms with Gasteiger partial charge in [0.1, 0.15) is 5.75 Å². The third-order valence-electron chi connectivity index (χ3n) is 2.49. The zero-order valence-electron chi connectivity index (χ0n) is 9.29. The minimum absolute atomic E-state index is 0.0807. The number of benzene rings is 1. The number of amides is 1. The number of carbonyl (C=O) groups is 1. The Balaban J connectivity index is 2.25. The maximum absolute atomic E-state index is 11.4. The lowest BCUT2D eigenvalue weighted by molar-refractivity contribution is -0.122. The smallest absolute Gasteiger partial charge is 0.265 e. The standard InChI is InChI=1S/C12H14ClNO2/c1-7(13)5-9-3-4-11-10(6-9)14-12(15)8(2)16-11/h3-4,6-8H,5H2,1-2H3,(H,14,15). The Bertz CT molecular complexity index is 417. The Kier molecular flexibility index (Phi) is 3.06. The van der Waals surface area contributed by atoms with Crippen LogP contribution in [-0.2, 0) is 11.2 Å². The summed E-state index contributed by atoms with van der Waals surface area (Å²) in [6, 6.07) is 5.76. The van der Waals surface area contributed by atoms with Crippen molar-refractivity contribution in [2.24, 2.45) is 0 Å². The van der Waals surface area contributed by atoms with Gasteiger partial charge in [0.15, 0.2) is 6.10 Å². The van der Waals surface area contributed by atoms with Crippen LogP contribution in [0.1, 0.15) is 19.4 Å². The average molecular weight is 240 g/mol. The van der Waals surface area contributed by atoms with Crippen molar-refractivity contribution < 1.29 is 9.53 Å². The van der Waals surface area contributed by atoms with E-state index in [1.54, 1.807) is 6.92 Å². The second kappa shape index (κ2) is 4.34. The Morgan fingerprint density at radius 3 is 3.00 bits per heavy atom. The molecule has 16 heavy (non-hydrogen) atoms. The molecule has 0 saturated carbocycles. The van der Waals surface area contributed by atoms with Crippen LogP contribution in [0.2, 0.25) is 0 Å². The number of halogens is 1. The third-order valence-corrected chi connectivity index (χ3v) is 2.65. The summed E-state index contributed by atoms with van der Waals surface area (Å²) in [6.45, 7) is 3.67. The quantitative estimate of drug-likeness (QED) is 0.806. The normalized spacial score (nSPS) is 20.7. The second-order valence-corrected chi connectivity index (χ2v) is 4.81. The third kappa shape index (κ3) is 2.30. The van der Waals surface area contributed by atoms with Crippen LogP contribution >= 0.6 is 11.6 Å². The Morgan fingerprint density at radius 1 is 1.56 bits per heavy atom. The zero-order chi connectivity index (χ0) is 11.7. The number of rotatable bonds is 2. The molecular formula is C12H14ClNO2. The van der Waals surface area contributed by atoms with Gasteiger partial charge in [-0.25, -0.2) is 0 Å². The van der Waals surface area contributed by atoms with E-state index in [-0.39, 0.29) is 11.3 Å². The molecule has 0 radical (unpaired) electrons. The van der Waals surface area contributed by atoms with E-state index in [0.717, 1.165) is 23.4 Å². The number of carbonyl (C=O) groups excluding carboxylic acids is 1.